The molecule has 1 aliphatic carbocycles. The summed E-state index contributed by atoms with van der Waals surface area (Å²) in [6.07, 6.45) is 2.89. The highest BCUT2D eigenvalue weighted by molar-refractivity contribution is 7.92. The van der Waals surface area contributed by atoms with Gasteiger partial charge in [0.05, 0.1) is 18.5 Å². The topological polar surface area (TPSA) is 66.5 Å². The van der Waals surface area contributed by atoms with E-state index in [9.17, 15) is 17.6 Å². The first-order valence-corrected chi connectivity index (χ1v) is 8.24. The molecular weight excluding hydrogens is 283 g/mol. The van der Waals surface area contributed by atoms with Crippen LogP contribution in [0.3, 0.4) is 0 Å². The molecule has 0 atom stereocenters. The van der Waals surface area contributed by atoms with Crippen molar-refractivity contribution in [2.75, 3.05) is 23.7 Å². The van der Waals surface area contributed by atoms with Crippen LogP contribution in [0.15, 0.2) is 24.3 Å². The highest BCUT2D eigenvalue weighted by Crippen LogP contribution is 2.28. The van der Waals surface area contributed by atoms with Crippen molar-refractivity contribution in [3.05, 3.63) is 30.1 Å². The molecule has 1 aromatic carbocycles. The molecule has 0 aliphatic heterocycles. The average Bonchev–Trinajstić information content (AvgIpc) is 3.18. The Morgan fingerprint density at radius 1 is 1.35 bits per heavy atom. The Morgan fingerprint density at radius 3 is 2.45 bits per heavy atom. The number of hydrogen-bond acceptors (Lipinski definition) is 3. The van der Waals surface area contributed by atoms with E-state index >= 15 is 0 Å². The van der Waals surface area contributed by atoms with Crippen molar-refractivity contribution in [3.8, 4) is 0 Å². The van der Waals surface area contributed by atoms with Gasteiger partial charge in [-0.15, -0.1) is 0 Å². The molecule has 5 nitrogen and oxygen atoms in total. The SMILES string of the molecule is CS(=O)(=O)N(CCNC(=O)C1CC1)c1ccc(F)cc1. The Bertz CT molecular complexity index is 582. The first-order chi connectivity index (χ1) is 9.38. The van der Waals surface area contributed by atoms with Crippen molar-refractivity contribution >= 4 is 21.6 Å². The quantitative estimate of drug-likeness (QED) is 0.856. The second-order valence-corrected chi connectivity index (χ2v) is 6.78. The number of nitrogens with one attached hydrogen (secondary N) is 1. The zero-order valence-electron chi connectivity index (χ0n) is 11.2. The maximum absolute atomic E-state index is 12.9. The molecule has 1 aliphatic rings. The summed E-state index contributed by atoms with van der Waals surface area (Å²) in [5.41, 5.74) is 0.384. The number of halogens is 1. The summed E-state index contributed by atoms with van der Waals surface area (Å²) >= 11 is 0. The molecule has 0 radical (unpaired) electrons. The van der Waals surface area contributed by atoms with Gasteiger partial charge in [-0.2, -0.15) is 0 Å². The van der Waals surface area contributed by atoms with Crippen LogP contribution in [0.5, 0.6) is 0 Å². The van der Waals surface area contributed by atoms with E-state index in [1.807, 2.05) is 0 Å². The molecule has 1 N–H and O–H groups in total. The fraction of sp³-hybridized carbons (Fsp3) is 0.462. The Hall–Kier alpha value is -1.63. The van der Waals surface area contributed by atoms with E-state index in [1.54, 1.807) is 0 Å². The fourth-order valence-corrected chi connectivity index (χ4v) is 2.79. The van der Waals surface area contributed by atoms with Crippen molar-refractivity contribution in [2.24, 2.45) is 5.92 Å². The monoisotopic (exact) mass is 300 g/mol. The van der Waals surface area contributed by atoms with Crippen molar-refractivity contribution in [2.45, 2.75) is 12.8 Å². The van der Waals surface area contributed by atoms with Crippen molar-refractivity contribution in [1.82, 2.24) is 5.32 Å². The minimum Gasteiger partial charge on any atom is -0.354 e. The predicted molar refractivity (Wildman–Crippen MR) is 74.3 cm³/mol. The van der Waals surface area contributed by atoms with E-state index in [4.69, 9.17) is 0 Å². The van der Waals surface area contributed by atoms with Crippen molar-refractivity contribution < 1.29 is 17.6 Å². The molecule has 20 heavy (non-hydrogen) atoms. The van der Waals surface area contributed by atoms with Gasteiger partial charge in [0.1, 0.15) is 5.82 Å². The fourth-order valence-electron chi connectivity index (χ4n) is 1.86. The number of amides is 1. The van der Waals surface area contributed by atoms with Crippen LogP contribution in [0, 0.1) is 11.7 Å². The van der Waals surface area contributed by atoms with Crippen LogP contribution in [-0.4, -0.2) is 33.7 Å². The normalized spacial score (nSPS) is 14.9. The van der Waals surface area contributed by atoms with Crippen LogP contribution in [0.2, 0.25) is 0 Å². The van der Waals surface area contributed by atoms with Crippen LogP contribution < -0.4 is 9.62 Å². The summed E-state index contributed by atoms with van der Waals surface area (Å²) in [4.78, 5) is 11.5. The van der Waals surface area contributed by atoms with Crippen LogP contribution in [-0.2, 0) is 14.8 Å². The average molecular weight is 300 g/mol. The molecule has 1 saturated carbocycles. The predicted octanol–water partition coefficient (Wildman–Crippen LogP) is 1.12. The molecule has 110 valence electrons. The van der Waals surface area contributed by atoms with Gasteiger partial charge in [-0.05, 0) is 37.1 Å². The van der Waals surface area contributed by atoms with Gasteiger partial charge in [-0.25, -0.2) is 12.8 Å². The minimum atomic E-state index is -3.47. The molecule has 0 unspecified atom stereocenters. The lowest BCUT2D eigenvalue weighted by molar-refractivity contribution is -0.122. The molecule has 0 bridgehead atoms. The number of hydrogen-bond donors (Lipinski definition) is 1. The van der Waals surface area contributed by atoms with Gasteiger partial charge in [0.2, 0.25) is 15.9 Å². The number of carbonyl (C=O) groups excluding carboxylic acids is 1. The van der Waals surface area contributed by atoms with Crippen LogP contribution in [0.4, 0.5) is 10.1 Å². The molecule has 1 aromatic rings. The molecule has 2 rings (SSSR count). The van der Waals surface area contributed by atoms with Crippen LogP contribution >= 0.6 is 0 Å². The van der Waals surface area contributed by atoms with E-state index < -0.39 is 15.8 Å². The second-order valence-electron chi connectivity index (χ2n) is 4.88. The van der Waals surface area contributed by atoms with Crippen molar-refractivity contribution in [1.29, 1.82) is 0 Å². The molecule has 0 spiro atoms. The minimum absolute atomic E-state index is 0.0300. The number of rotatable bonds is 6. The standard InChI is InChI=1S/C13H17FN2O3S/c1-20(18,19)16(12-6-4-11(14)5-7-12)9-8-15-13(17)10-2-3-10/h4-7,10H,2-3,8-9H2,1H3,(H,15,17). The Morgan fingerprint density at radius 2 is 1.95 bits per heavy atom. The third-order valence-corrected chi connectivity index (χ3v) is 4.27. The Balaban J connectivity index is 2.00. The summed E-state index contributed by atoms with van der Waals surface area (Å²) in [6, 6.07) is 5.21. The first-order valence-electron chi connectivity index (χ1n) is 6.39. The number of carbonyl (C=O) groups is 1. The van der Waals surface area contributed by atoms with Gasteiger partial charge in [0.15, 0.2) is 0 Å². The van der Waals surface area contributed by atoms with E-state index in [-0.39, 0.29) is 24.9 Å². The van der Waals surface area contributed by atoms with Gasteiger partial charge in [0, 0.05) is 12.5 Å². The third kappa shape index (κ3) is 3.93. The van der Waals surface area contributed by atoms with Gasteiger partial charge in [-0.3, -0.25) is 9.10 Å². The van der Waals surface area contributed by atoms with Crippen molar-refractivity contribution in [3.63, 3.8) is 0 Å². The van der Waals surface area contributed by atoms with Gasteiger partial charge in [0.25, 0.3) is 0 Å². The third-order valence-electron chi connectivity index (χ3n) is 3.08. The second kappa shape index (κ2) is 5.78. The lowest BCUT2D eigenvalue weighted by atomic mass is 10.3. The highest BCUT2D eigenvalue weighted by atomic mass is 32.2. The van der Waals surface area contributed by atoms with E-state index in [1.165, 1.54) is 24.3 Å². The van der Waals surface area contributed by atoms with Crippen LogP contribution in [0.25, 0.3) is 0 Å². The largest absolute Gasteiger partial charge is 0.354 e. The molecule has 0 saturated heterocycles. The number of anilines is 1. The molecule has 7 heteroatoms. The highest BCUT2D eigenvalue weighted by Gasteiger charge is 2.29. The first kappa shape index (κ1) is 14.8. The smallest absolute Gasteiger partial charge is 0.232 e. The van der Waals surface area contributed by atoms with Gasteiger partial charge in [-0.1, -0.05) is 0 Å². The van der Waals surface area contributed by atoms with E-state index in [0.717, 1.165) is 23.4 Å². The zero-order valence-corrected chi connectivity index (χ0v) is 12.0. The van der Waals surface area contributed by atoms with Gasteiger partial charge >= 0.3 is 0 Å². The van der Waals surface area contributed by atoms with E-state index in [0.29, 0.717) is 5.69 Å². The molecule has 0 heterocycles. The zero-order chi connectivity index (χ0) is 14.8. The summed E-state index contributed by atoms with van der Waals surface area (Å²) in [5, 5.41) is 2.71. The summed E-state index contributed by atoms with van der Waals surface area (Å²) in [6.45, 7) is 0.364. The molecular formula is C13H17FN2O3S. The molecule has 0 aromatic heterocycles. The Kier molecular flexibility index (Phi) is 4.27. The number of nitrogens with zero attached hydrogens (tertiary/aromatic N) is 1. The maximum Gasteiger partial charge on any atom is 0.232 e. The molecule has 1 amide bonds. The number of sulfonamides is 1. The summed E-state index contributed by atoms with van der Waals surface area (Å²) in [5.74, 6) is -0.366. The van der Waals surface area contributed by atoms with Gasteiger partial charge < -0.3 is 5.32 Å². The lowest BCUT2D eigenvalue weighted by Crippen LogP contribution is -2.38. The molecule has 1 fully saturated rings. The van der Waals surface area contributed by atoms with E-state index in [2.05, 4.69) is 5.32 Å². The summed E-state index contributed by atoms with van der Waals surface area (Å²) < 4.78 is 37.5. The Labute approximate surface area is 117 Å². The lowest BCUT2D eigenvalue weighted by Gasteiger charge is -2.22. The number of benzene rings is 1. The maximum atomic E-state index is 12.9. The summed E-state index contributed by atoms with van der Waals surface area (Å²) in [7, 11) is -3.47. The van der Waals surface area contributed by atoms with Crippen LogP contribution in [0.1, 0.15) is 12.8 Å².